The van der Waals surface area contributed by atoms with Gasteiger partial charge in [0.25, 0.3) is 0 Å². The fourth-order valence-electron chi connectivity index (χ4n) is 1.84. The van der Waals surface area contributed by atoms with E-state index in [2.05, 4.69) is 42.7 Å². The maximum atomic E-state index is 5.83. The highest BCUT2D eigenvalue weighted by Gasteiger charge is 2.24. The summed E-state index contributed by atoms with van der Waals surface area (Å²) in [7, 11) is -1.02. The van der Waals surface area contributed by atoms with Crippen molar-refractivity contribution in [2.24, 2.45) is 5.73 Å². The van der Waals surface area contributed by atoms with Crippen LogP contribution in [-0.4, -0.2) is 21.4 Å². The molecule has 1 heterocycles. The van der Waals surface area contributed by atoms with Crippen molar-refractivity contribution in [2.75, 3.05) is 18.2 Å². The van der Waals surface area contributed by atoms with E-state index >= 15 is 0 Å². The van der Waals surface area contributed by atoms with Gasteiger partial charge in [-0.15, -0.1) is 0 Å². The van der Waals surface area contributed by atoms with Gasteiger partial charge in [0, 0.05) is 25.8 Å². The summed E-state index contributed by atoms with van der Waals surface area (Å²) in [6.45, 7) is 8.50. The first-order valence-corrected chi connectivity index (χ1v) is 11.1. The second-order valence-electron chi connectivity index (χ2n) is 5.85. The monoisotopic (exact) mass is 294 g/mol. The maximum Gasteiger partial charge on any atom is 0.123 e. The molecule has 19 heavy (non-hydrogen) atoms. The molecule has 0 amide bonds. The Balaban J connectivity index is 1.95. The molecule has 0 aromatic heterocycles. The molecule has 0 saturated carbocycles. The van der Waals surface area contributed by atoms with Crippen LogP contribution in [0.4, 0.5) is 5.69 Å². The summed E-state index contributed by atoms with van der Waals surface area (Å²) >= 11 is 1.70. The Morgan fingerprint density at radius 1 is 1.32 bits per heavy atom. The quantitative estimate of drug-likeness (QED) is 0.664. The van der Waals surface area contributed by atoms with Gasteiger partial charge < -0.3 is 15.4 Å². The Hall–Kier alpha value is -0.913. The number of nitrogens with two attached hydrogens (primary N) is 1. The van der Waals surface area contributed by atoms with Gasteiger partial charge in [0.2, 0.25) is 0 Å². The largest absolute Gasteiger partial charge is 0.402 e. The van der Waals surface area contributed by atoms with Crippen LogP contribution in [0.5, 0.6) is 0 Å². The molecule has 0 saturated heterocycles. The molecule has 2 rings (SSSR count). The standard InChI is InChI=1S/C14H22N2OSSi/c1-19(2,3)9-8-17-11-16-12-6-4-5-7-13(12)18-14(16)10-15/h4-7,10H,8-9,11,15H2,1-3H3/b14-10-. The Bertz CT molecular complexity index is 471. The lowest BCUT2D eigenvalue weighted by molar-refractivity contribution is 0.152. The second-order valence-corrected chi connectivity index (χ2v) is 12.5. The van der Waals surface area contributed by atoms with Crippen molar-refractivity contribution in [1.29, 1.82) is 0 Å². The third-order valence-electron chi connectivity index (χ3n) is 3.00. The highest BCUT2D eigenvalue weighted by Crippen LogP contribution is 2.45. The molecule has 0 spiro atoms. The molecule has 0 atom stereocenters. The summed E-state index contributed by atoms with van der Waals surface area (Å²) in [5.41, 5.74) is 6.90. The van der Waals surface area contributed by atoms with Gasteiger partial charge in [-0.25, -0.2) is 0 Å². The molecule has 1 aromatic carbocycles. The molecule has 0 unspecified atom stereocenters. The van der Waals surface area contributed by atoms with E-state index in [1.165, 1.54) is 16.6 Å². The lowest BCUT2D eigenvalue weighted by atomic mass is 10.3. The number of hydrogen-bond donors (Lipinski definition) is 1. The minimum absolute atomic E-state index is 0.581. The topological polar surface area (TPSA) is 38.5 Å². The first-order chi connectivity index (χ1) is 9.01. The van der Waals surface area contributed by atoms with E-state index in [1.807, 2.05) is 6.07 Å². The predicted octanol–water partition coefficient (Wildman–Crippen LogP) is 3.67. The van der Waals surface area contributed by atoms with Crippen LogP contribution in [0.25, 0.3) is 0 Å². The van der Waals surface area contributed by atoms with Gasteiger partial charge in [0.05, 0.1) is 10.7 Å². The van der Waals surface area contributed by atoms with Crippen LogP contribution >= 0.6 is 11.8 Å². The molecular formula is C14H22N2OSSi. The van der Waals surface area contributed by atoms with Crippen molar-refractivity contribution in [3.63, 3.8) is 0 Å². The fraction of sp³-hybridized carbons (Fsp3) is 0.429. The fourth-order valence-corrected chi connectivity index (χ4v) is 3.59. The van der Waals surface area contributed by atoms with Gasteiger partial charge in [-0.2, -0.15) is 0 Å². The molecular weight excluding hydrogens is 272 g/mol. The van der Waals surface area contributed by atoms with Crippen LogP contribution in [0.3, 0.4) is 0 Å². The molecule has 3 nitrogen and oxygen atoms in total. The molecule has 2 N–H and O–H groups in total. The highest BCUT2D eigenvalue weighted by molar-refractivity contribution is 8.03. The Kier molecular flexibility index (Phi) is 4.60. The first kappa shape index (κ1) is 14.5. The van der Waals surface area contributed by atoms with Gasteiger partial charge in [0.1, 0.15) is 6.73 Å². The zero-order valence-electron chi connectivity index (χ0n) is 11.8. The normalized spacial score (nSPS) is 17.0. The summed E-state index contributed by atoms with van der Waals surface area (Å²) in [5, 5.41) is 1.05. The minimum Gasteiger partial charge on any atom is -0.402 e. The van der Waals surface area contributed by atoms with Gasteiger partial charge in [-0.1, -0.05) is 43.5 Å². The molecule has 0 fully saturated rings. The van der Waals surface area contributed by atoms with Crippen molar-refractivity contribution in [3.8, 4) is 0 Å². The number of nitrogens with zero attached hydrogens (tertiary/aromatic N) is 1. The number of anilines is 1. The van der Waals surface area contributed by atoms with Crippen molar-refractivity contribution in [1.82, 2.24) is 0 Å². The van der Waals surface area contributed by atoms with E-state index in [1.54, 1.807) is 18.0 Å². The average molecular weight is 294 g/mol. The van der Waals surface area contributed by atoms with Crippen LogP contribution in [0, 0.1) is 0 Å². The van der Waals surface area contributed by atoms with Crippen molar-refractivity contribution >= 4 is 25.5 Å². The molecule has 1 aliphatic rings. The van der Waals surface area contributed by atoms with Crippen molar-refractivity contribution in [3.05, 3.63) is 35.5 Å². The Labute approximate surface area is 120 Å². The number of thioether (sulfide) groups is 1. The first-order valence-electron chi connectivity index (χ1n) is 6.55. The molecule has 0 aliphatic carbocycles. The third-order valence-corrected chi connectivity index (χ3v) is 5.83. The number of fused-ring (bicyclic) bond motifs is 1. The zero-order valence-corrected chi connectivity index (χ0v) is 13.7. The SMILES string of the molecule is C[Si](C)(C)CCOCN1/C(=C/N)Sc2ccccc21. The van der Waals surface area contributed by atoms with Gasteiger partial charge in [-0.3, -0.25) is 0 Å². The highest BCUT2D eigenvalue weighted by atomic mass is 32.2. The van der Waals surface area contributed by atoms with E-state index in [0.717, 1.165) is 11.6 Å². The van der Waals surface area contributed by atoms with Gasteiger partial charge in [0.15, 0.2) is 0 Å². The van der Waals surface area contributed by atoms with E-state index in [0.29, 0.717) is 6.73 Å². The molecule has 1 aromatic rings. The van der Waals surface area contributed by atoms with Crippen LogP contribution in [0.2, 0.25) is 25.7 Å². The third kappa shape index (κ3) is 3.78. The molecule has 1 aliphatic heterocycles. The number of benzene rings is 1. The van der Waals surface area contributed by atoms with Crippen LogP contribution in [-0.2, 0) is 4.74 Å². The Morgan fingerprint density at radius 2 is 2.05 bits per heavy atom. The van der Waals surface area contributed by atoms with Gasteiger partial charge >= 0.3 is 0 Å². The number of hydrogen-bond acceptors (Lipinski definition) is 4. The molecule has 104 valence electrons. The number of ether oxygens (including phenoxy) is 1. The molecule has 5 heteroatoms. The molecule has 0 bridgehead atoms. The maximum absolute atomic E-state index is 5.83. The summed E-state index contributed by atoms with van der Waals surface area (Å²) in [6.07, 6.45) is 1.66. The number of para-hydroxylation sites is 1. The molecule has 0 radical (unpaired) electrons. The van der Waals surface area contributed by atoms with Crippen molar-refractivity contribution in [2.45, 2.75) is 30.6 Å². The summed E-state index contributed by atoms with van der Waals surface area (Å²) in [5.74, 6) is 0. The van der Waals surface area contributed by atoms with Crippen LogP contribution in [0.15, 0.2) is 40.4 Å². The van der Waals surface area contributed by atoms with E-state index in [9.17, 15) is 0 Å². The van der Waals surface area contributed by atoms with Crippen LogP contribution < -0.4 is 10.6 Å². The van der Waals surface area contributed by atoms with Crippen LogP contribution in [0.1, 0.15) is 0 Å². The van der Waals surface area contributed by atoms with E-state index in [-0.39, 0.29) is 0 Å². The zero-order chi connectivity index (χ0) is 13.9. The van der Waals surface area contributed by atoms with Gasteiger partial charge in [-0.05, 0) is 18.2 Å². The summed E-state index contributed by atoms with van der Waals surface area (Å²) in [4.78, 5) is 3.39. The average Bonchev–Trinajstić information content (AvgIpc) is 2.71. The minimum atomic E-state index is -1.02. The summed E-state index contributed by atoms with van der Waals surface area (Å²) in [6, 6.07) is 9.52. The lowest BCUT2D eigenvalue weighted by Gasteiger charge is -2.21. The predicted molar refractivity (Wildman–Crippen MR) is 86.0 cm³/mol. The smallest absolute Gasteiger partial charge is 0.123 e. The van der Waals surface area contributed by atoms with E-state index < -0.39 is 8.07 Å². The lowest BCUT2D eigenvalue weighted by Crippen LogP contribution is -2.26. The second kappa shape index (κ2) is 6.03. The summed E-state index contributed by atoms with van der Waals surface area (Å²) < 4.78 is 5.83. The van der Waals surface area contributed by atoms with Crippen molar-refractivity contribution < 1.29 is 4.74 Å². The number of rotatable bonds is 5. The van der Waals surface area contributed by atoms with E-state index in [4.69, 9.17) is 10.5 Å². The Morgan fingerprint density at radius 3 is 2.74 bits per heavy atom.